The van der Waals surface area contributed by atoms with Crippen LogP contribution in [-0.2, 0) is 4.74 Å². The molecule has 2 heterocycles. The van der Waals surface area contributed by atoms with Gasteiger partial charge in [-0.25, -0.2) is 9.89 Å². The summed E-state index contributed by atoms with van der Waals surface area (Å²) < 4.78 is 5.33. The van der Waals surface area contributed by atoms with Crippen molar-refractivity contribution in [1.29, 1.82) is 0 Å². The SMILES string of the molecule is CC(C)(C)OC(=O)N1CC=C(c2cn[nH]c(=O)c2)CC1. The first kappa shape index (κ1) is 14.3. The summed E-state index contributed by atoms with van der Waals surface area (Å²) >= 11 is 0. The summed E-state index contributed by atoms with van der Waals surface area (Å²) in [5.74, 6) is 0. The van der Waals surface area contributed by atoms with Gasteiger partial charge in [-0.2, -0.15) is 5.10 Å². The van der Waals surface area contributed by atoms with Crippen molar-refractivity contribution in [2.24, 2.45) is 0 Å². The van der Waals surface area contributed by atoms with Crippen LogP contribution in [0.5, 0.6) is 0 Å². The fraction of sp³-hybridized carbons (Fsp3) is 0.500. The molecule has 108 valence electrons. The van der Waals surface area contributed by atoms with Crippen LogP contribution in [-0.4, -0.2) is 39.9 Å². The molecule has 1 aromatic rings. The average Bonchev–Trinajstić information content (AvgIpc) is 2.37. The minimum atomic E-state index is -0.488. The highest BCUT2D eigenvalue weighted by Crippen LogP contribution is 2.21. The first-order valence-corrected chi connectivity index (χ1v) is 6.57. The van der Waals surface area contributed by atoms with Gasteiger partial charge in [0.2, 0.25) is 0 Å². The van der Waals surface area contributed by atoms with E-state index in [-0.39, 0.29) is 11.7 Å². The van der Waals surface area contributed by atoms with E-state index in [1.165, 1.54) is 6.07 Å². The number of ether oxygens (including phenoxy) is 1. The van der Waals surface area contributed by atoms with E-state index in [0.717, 1.165) is 11.1 Å². The number of amides is 1. The highest BCUT2D eigenvalue weighted by molar-refractivity contribution is 5.72. The number of hydrogen-bond donors (Lipinski definition) is 1. The lowest BCUT2D eigenvalue weighted by Crippen LogP contribution is -2.39. The van der Waals surface area contributed by atoms with Crippen molar-refractivity contribution in [3.05, 3.63) is 34.3 Å². The zero-order valence-electron chi connectivity index (χ0n) is 12.0. The van der Waals surface area contributed by atoms with Crippen LogP contribution in [0.15, 0.2) is 23.1 Å². The standard InChI is InChI=1S/C14H19N3O3/c1-14(2,3)20-13(19)17-6-4-10(5-7-17)11-8-12(18)16-15-9-11/h4,8-9H,5-7H2,1-3H3,(H,16,18). The second-order valence-electron chi connectivity index (χ2n) is 5.74. The summed E-state index contributed by atoms with van der Waals surface area (Å²) in [6.45, 7) is 6.60. The molecule has 0 saturated carbocycles. The minimum absolute atomic E-state index is 0.224. The van der Waals surface area contributed by atoms with E-state index in [1.807, 2.05) is 26.8 Å². The molecule has 1 aliphatic heterocycles. The van der Waals surface area contributed by atoms with E-state index in [9.17, 15) is 9.59 Å². The lowest BCUT2D eigenvalue weighted by atomic mass is 10.0. The first-order chi connectivity index (χ1) is 9.35. The Labute approximate surface area is 117 Å². The molecule has 1 N–H and O–H groups in total. The molecule has 0 bridgehead atoms. The van der Waals surface area contributed by atoms with Crippen molar-refractivity contribution in [3.8, 4) is 0 Å². The minimum Gasteiger partial charge on any atom is -0.444 e. The molecule has 0 aliphatic carbocycles. The molecule has 1 aliphatic rings. The van der Waals surface area contributed by atoms with Crippen LogP contribution < -0.4 is 5.56 Å². The third-order valence-corrected chi connectivity index (χ3v) is 2.90. The van der Waals surface area contributed by atoms with Gasteiger partial charge < -0.3 is 9.64 Å². The maximum Gasteiger partial charge on any atom is 0.410 e. The van der Waals surface area contributed by atoms with Gasteiger partial charge in [-0.1, -0.05) is 6.08 Å². The number of nitrogens with one attached hydrogen (secondary N) is 1. The molecule has 0 fully saturated rings. The van der Waals surface area contributed by atoms with Crippen molar-refractivity contribution in [3.63, 3.8) is 0 Å². The van der Waals surface area contributed by atoms with Gasteiger partial charge in [-0.15, -0.1) is 0 Å². The van der Waals surface area contributed by atoms with Crippen molar-refractivity contribution in [2.45, 2.75) is 32.8 Å². The molecule has 1 amide bonds. The maximum absolute atomic E-state index is 11.9. The largest absolute Gasteiger partial charge is 0.444 e. The summed E-state index contributed by atoms with van der Waals surface area (Å²) in [4.78, 5) is 24.8. The molecule has 6 nitrogen and oxygen atoms in total. The summed E-state index contributed by atoms with van der Waals surface area (Å²) in [6, 6.07) is 1.52. The van der Waals surface area contributed by atoms with Crippen LogP contribution in [0, 0.1) is 0 Å². The van der Waals surface area contributed by atoms with Crippen LogP contribution in [0.25, 0.3) is 5.57 Å². The van der Waals surface area contributed by atoms with Crippen molar-refractivity contribution < 1.29 is 9.53 Å². The van der Waals surface area contributed by atoms with Gasteiger partial charge in [-0.05, 0) is 32.8 Å². The fourth-order valence-electron chi connectivity index (χ4n) is 1.98. The predicted octanol–water partition coefficient (Wildman–Crippen LogP) is 1.79. The zero-order chi connectivity index (χ0) is 14.8. The number of rotatable bonds is 1. The van der Waals surface area contributed by atoms with Gasteiger partial charge in [0.25, 0.3) is 5.56 Å². The van der Waals surface area contributed by atoms with E-state index in [4.69, 9.17) is 4.74 Å². The topological polar surface area (TPSA) is 75.3 Å². The highest BCUT2D eigenvalue weighted by Gasteiger charge is 2.23. The van der Waals surface area contributed by atoms with E-state index < -0.39 is 5.60 Å². The molecule has 0 atom stereocenters. The number of carbonyl (C=O) groups excluding carboxylic acids is 1. The lowest BCUT2D eigenvalue weighted by Gasteiger charge is -2.29. The number of carbonyl (C=O) groups is 1. The third kappa shape index (κ3) is 3.69. The molecule has 0 radical (unpaired) electrons. The van der Waals surface area contributed by atoms with Gasteiger partial charge in [0.05, 0.1) is 6.20 Å². The zero-order valence-corrected chi connectivity index (χ0v) is 12.0. The molecule has 0 saturated heterocycles. The second kappa shape index (κ2) is 5.48. The van der Waals surface area contributed by atoms with E-state index >= 15 is 0 Å². The van der Waals surface area contributed by atoms with Crippen LogP contribution in [0.4, 0.5) is 4.79 Å². The van der Waals surface area contributed by atoms with Crippen molar-refractivity contribution >= 4 is 11.7 Å². The highest BCUT2D eigenvalue weighted by atomic mass is 16.6. The smallest absolute Gasteiger partial charge is 0.410 e. The Morgan fingerprint density at radius 3 is 2.75 bits per heavy atom. The maximum atomic E-state index is 11.9. The van der Waals surface area contributed by atoms with Gasteiger partial charge in [0.15, 0.2) is 0 Å². The number of aromatic nitrogens is 2. The first-order valence-electron chi connectivity index (χ1n) is 6.57. The summed E-state index contributed by atoms with van der Waals surface area (Å²) in [7, 11) is 0. The van der Waals surface area contributed by atoms with Crippen LogP contribution in [0.3, 0.4) is 0 Å². The Bertz CT molecular complexity index is 584. The average molecular weight is 277 g/mol. The van der Waals surface area contributed by atoms with Gasteiger partial charge >= 0.3 is 6.09 Å². The monoisotopic (exact) mass is 277 g/mol. The predicted molar refractivity (Wildman–Crippen MR) is 75.3 cm³/mol. The van der Waals surface area contributed by atoms with Gasteiger partial charge in [0, 0.05) is 24.7 Å². The van der Waals surface area contributed by atoms with Gasteiger partial charge in [-0.3, -0.25) is 4.79 Å². The Hall–Kier alpha value is -2.11. The van der Waals surface area contributed by atoms with Crippen molar-refractivity contribution in [2.75, 3.05) is 13.1 Å². The van der Waals surface area contributed by atoms with E-state index in [0.29, 0.717) is 19.5 Å². The normalized spacial score (nSPS) is 15.8. The Balaban J connectivity index is 2.04. The molecule has 0 aromatic carbocycles. The van der Waals surface area contributed by atoms with Crippen LogP contribution in [0.2, 0.25) is 0 Å². The molecular weight excluding hydrogens is 258 g/mol. The molecule has 1 aromatic heterocycles. The Morgan fingerprint density at radius 2 is 2.20 bits per heavy atom. The fourth-order valence-corrected chi connectivity index (χ4v) is 1.98. The van der Waals surface area contributed by atoms with Crippen molar-refractivity contribution in [1.82, 2.24) is 15.1 Å². The Morgan fingerprint density at radius 1 is 1.45 bits per heavy atom. The molecule has 0 spiro atoms. The number of hydrogen-bond acceptors (Lipinski definition) is 4. The number of nitrogens with zero attached hydrogens (tertiary/aromatic N) is 2. The van der Waals surface area contributed by atoms with Gasteiger partial charge in [0.1, 0.15) is 5.60 Å². The van der Waals surface area contributed by atoms with E-state index in [2.05, 4.69) is 10.2 Å². The molecule has 2 rings (SSSR count). The Kier molecular flexibility index (Phi) is 3.92. The van der Waals surface area contributed by atoms with Crippen LogP contribution in [0.1, 0.15) is 32.8 Å². The molecule has 20 heavy (non-hydrogen) atoms. The quantitative estimate of drug-likeness (QED) is 0.849. The molecule has 0 unspecified atom stereocenters. The molecule has 6 heteroatoms. The number of aromatic amines is 1. The van der Waals surface area contributed by atoms with E-state index in [1.54, 1.807) is 11.1 Å². The van der Waals surface area contributed by atoms with Crippen LogP contribution >= 0.6 is 0 Å². The lowest BCUT2D eigenvalue weighted by molar-refractivity contribution is 0.0270. The number of H-pyrrole nitrogens is 1. The third-order valence-electron chi connectivity index (χ3n) is 2.90. The molecular formula is C14H19N3O3. The summed E-state index contributed by atoms with van der Waals surface area (Å²) in [6.07, 6.45) is 3.93. The second-order valence-corrected chi connectivity index (χ2v) is 5.74. The summed E-state index contributed by atoms with van der Waals surface area (Å²) in [5.41, 5.74) is 1.12. The summed E-state index contributed by atoms with van der Waals surface area (Å²) in [5, 5.41) is 6.12.